The van der Waals surface area contributed by atoms with Crippen molar-refractivity contribution >= 4 is 34.8 Å². The Balaban J connectivity index is 1.69. The van der Waals surface area contributed by atoms with Gasteiger partial charge >= 0.3 is 6.18 Å². The molecule has 150 valence electrons. The van der Waals surface area contributed by atoms with E-state index in [1.165, 1.54) is 18.2 Å². The predicted octanol–water partition coefficient (Wildman–Crippen LogP) is 5.86. The number of likely N-dealkylation sites (tertiary alicyclic amines) is 1. The minimum atomic E-state index is -4.52. The summed E-state index contributed by atoms with van der Waals surface area (Å²) in [6.07, 6.45) is -3.14. The molecule has 0 spiro atoms. The van der Waals surface area contributed by atoms with E-state index in [-0.39, 0.29) is 5.69 Å². The first-order valence-electron chi connectivity index (χ1n) is 8.88. The number of rotatable bonds is 4. The van der Waals surface area contributed by atoms with Crippen LogP contribution in [0.1, 0.15) is 24.0 Å². The van der Waals surface area contributed by atoms with Crippen molar-refractivity contribution in [1.82, 2.24) is 4.90 Å². The number of amides is 1. The number of anilines is 1. The molecule has 0 aliphatic carbocycles. The number of nitrogens with one attached hydrogen (secondary N) is 1. The fraction of sp³-hybridized carbons (Fsp3) is 0.350. The van der Waals surface area contributed by atoms with E-state index >= 15 is 0 Å². The Labute approximate surface area is 171 Å². The summed E-state index contributed by atoms with van der Waals surface area (Å²) in [5.41, 5.74) is -0.278. The maximum absolute atomic E-state index is 13.1. The first-order chi connectivity index (χ1) is 13.3. The van der Waals surface area contributed by atoms with Crippen molar-refractivity contribution in [2.75, 3.05) is 18.4 Å². The highest BCUT2D eigenvalue weighted by Crippen LogP contribution is 2.35. The Bertz CT molecular complexity index is 837. The number of para-hydroxylation sites is 1. The third-order valence-electron chi connectivity index (χ3n) is 4.81. The van der Waals surface area contributed by atoms with E-state index in [1.54, 1.807) is 18.2 Å². The van der Waals surface area contributed by atoms with Gasteiger partial charge in [0.15, 0.2) is 0 Å². The predicted molar refractivity (Wildman–Crippen MR) is 105 cm³/mol. The summed E-state index contributed by atoms with van der Waals surface area (Å²) in [5.74, 6) is -0.817. The molecule has 1 N–H and O–H groups in total. The highest BCUT2D eigenvalue weighted by Gasteiger charge is 2.34. The minimum Gasteiger partial charge on any atom is -0.325 e. The molecule has 1 unspecified atom stereocenters. The van der Waals surface area contributed by atoms with Crippen molar-refractivity contribution < 1.29 is 18.0 Å². The number of piperidine rings is 1. The molecular formula is C20H19Cl2F3N2O. The van der Waals surface area contributed by atoms with Gasteiger partial charge in [-0.15, -0.1) is 0 Å². The van der Waals surface area contributed by atoms with Crippen molar-refractivity contribution in [1.29, 1.82) is 0 Å². The standard InChI is InChI=1S/C20H19Cl2F3N2O/c21-16-7-3-8-17(22)14(16)12-27-10-4-5-13(11-27)19(28)26-18-9-2-1-6-15(18)20(23,24)25/h1-3,6-9,13H,4-5,10-12H2,(H,26,28). The minimum absolute atomic E-state index is 0.216. The van der Waals surface area contributed by atoms with Gasteiger partial charge in [-0.3, -0.25) is 9.69 Å². The van der Waals surface area contributed by atoms with Crippen LogP contribution in [0.2, 0.25) is 10.0 Å². The lowest BCUT2D eigenvalue weighted by Gasteiger charge is -2.32. The smallest absolute Gasteiger partial charge is 0.325 e. The zero-order chi connectivity index (χ0) is 20.3. The molecule has 3 rings (SSSR count). The van der Waals surface area contributed by atoms with E-state index in [4.69, 9.17) is 23.2 Å². The Kier molecular flexibility index (Phi) is 6.53. The number of benzene rings is 2. The monoisotopic (exact) mass is 430 g/mol. The second-order valence-corrected chi connectivity index (χ2v) is 7.62. The molecule has 28 heavy (non-hydrogen) atoms. The Morgan fingerprint density at radius 1 is 1.11 bits per heavy atom. The molecule has 3 nitrogen and oxygen atoms in total. The van der Waals surface area contributed by atoms with E-state index < -0.39 is 23.6 Å². The quantitative estimate of drug-likeness (QED) is 0.658. The van der Waals surface area contributed by atoms with Crippen LogP contribution < -0.4 is 5.32 Å². The van der Waals surface area contributed by atoms with Gasteiger partial charge in [0.2, 0.25) is 5.91 Å². The van der Waals surface area contributed by atoms with E-state index in [2.05, 4.69) is 10.2 Å². The lowest BCUT2D eigenvalue weighted by atomic mass is 9.96. The van der Waals surface area contributed by atoms with E-state index in [0.717, 1.165) is 24.6 Å². The largest absolute Gasteiger partial charge is 0.418 e. The molecular weight excluding hydrogens is 412 g/mol. The number of halogens is 5. The van der Waals surface area contributed by atoms with Gasteiger partial charge in [-0.05, 0) is 43.7 Å². The summed E-state index contributed by atoms with van der Waals surface area (Å²) in [6, 6.07) is 10.3. The zero-order valence-corrected chi connectivity index (χ0v) is 16.4. The number of carbonyl (C=O) groups is 1. The number of carbonyl (C=O) groups excluding carboxylic acids is 1. The van der Waals surface area contributed by atoms with Gasteiger partial charge in [0.1, 0.15) is 0 Å². The second kappa shape index (κ2) is 8.72. The molecule has 0 saturated carbocycles. The number of alkyl halides is 3. The van der Waals surface area contributed by atoms with Crippen LogP contribution in [0, 0.1) is 5.92 Å². The van der Waals surface area contributed by atoms with Gasteiger partial charge in [0.25, 0.3) is 0 Å². The first-order valence-corrected chi connectivity index (χ1v) is 9.63. The highest BCUT2D eigenvalue weighted by atomic mass is 35.5. The normalized spacial score (nSPS) is 18.1. The van der Waals surface area contributed by atoms with E-state index in [0.29, 0.717) is 29.6 Å². The molecule has 1 saturated heterocycles. The molecule has 1 heterocycles. The third kappa shape index (κ3) is 4.99. The molecule has 8 heteroatoms. The molecule has 2 aromatic rings. The van der Waals surface area contributed by atoms with Crippen LogP contribution in [-0.4, -0.2) is 23.9 Å². The van der Waals surface area contributed by atoms with Gasteiger partial charge in [0, 0.05) is 28.7 Å². The molecule has 2 aromatic carbocycles. The van der Waals surface area contributed by atoms with Crippen LogP contribution in [0.5, 0.6) is 0 Å². The summed E-state index contributed by atoms with van der Waals surface area (Å²) in [7, 11) is 0. The summed E-state index contributed by atoms with van der Waals surface area (Å²) in [4.78, 5) is 14.7. The summed E-state index contributed by atoms with van der Waals surface area (Å²) < 4.78 is 39.4. The summed E-state index contributed by atoms with van der Waals surface area (Å²) in [6.45, 7) is 1.69. The third-order valence-corrected chi connectivity index (χ3v) is 5.52. The van der Waals surface area contributed by atoms with Gasteiger partial charge < -0.3 is 5.32 Å². The van der Waals surface area contributed by atoms with Crippen molar-refractivity contribution in [3.05, 3.63) is 63.6 Å². The van der Waals surface area contributed by atoms with Crippen LogP contribution in [-0.2, 0) is 17.5 Å². The van der Waals surface area contributed by atoms with Gasteiger partial charge in [-0.1, -0.05) is 41.4 Å². The zero-order valence-electron chi connectivity index (χ0n) is 14.9. The molecule has 1 amide bonds. The molecule has 0 bridgehead atoms. The maximum Gasteiger partial charge on any atom is 0.418 e. The van der Waals surface area contributed by atoms with Gasteiger partial charge in [0.05, 0.1) is 17.2 Å². The van der Waals surface area contributed by atoms with Crippen molar-refractivity contribution in [2.24, 2.45) is 5.92 Å². The number of hydrogen-bond acceptors (Lipinski definition) is 2. The average molecular weight is 431 g/mol. The Hall–Kier alpha value is -1.76. The molecule has 1 atom stereocenters. The average Bonchev–Trinajstić information content (AvgIpc) is 2.65. The number of nitrogens with zero attached hydrogens (tertiary/aromatic N) is 1. The molecule has 1 fully saturated rings. The SMILES string of the molecule is O=C(Nc1ccccc1C(F)(F)F)C1CCCN(Cc2c(Cl)cccc2Cl)C1. The molecule has 1 aliphatic heterocycles. The topological polar surface area (TPSA) is 32.3 Å². The van der Waals surface area contributed by atoms with Crippen molar-refractivity contribution in [3.63, 3.8) is 0 Å². The highest BCUT2D eigenvalue weighted by molar-refractivity contribution is 6.35. The van der Waals surface area contributed by atoms with Crippen molar-refractivity contribution in [3.8, 4) is 0 Å². The van der Waals surface area contributed by atoms with Gasteiger partial charge in [-0.2, -0.15) is 13.2 Å². The lowest BCUT2D eigenvalue weighted by molar-refractivity contribution is -0.137. The Morgan fingerprint density at radius 2 is 1.79 bits per heavy atom. The van der Waals surface area contributed by atoms with E-state index in [1.807, 2.05) is 0 Å². The van der Waals surface area contributed by atoms with Crippen LogP contribution >= 0.6 is 23.2 Å². The second-order valence-electron chi connectivity index (χ2n) is 6.81. The van der Waals surface area contributed by atoms with E-state index in [9.17, 15) is 18.0 Å². The summed E-state index contributed by atoms with van der Waals surface area (Å²) in [5, 5.41) is 3.56. The fourth-order valence-electron chi connectivity index (χ4n) is 3.39. The molecule has 0 radical (unpaired) electrons. The number of hydrogen-bond donors (Lipinski definition) is 1. The van der Waals surface area contributed by atoms with Crippen LogP contribution in [0.15, 0.2) is 42.5 Å². The van der Waals surface area contributed by atoms with Crippen LogP contribution in [0.3, 0.4) is 0 Å². The van der Waals surface area contributed by atoms with Gasteiger partial charge in [-0.25, -0.2) is 0 Å². The molecule has 0 aromatic heterocycles. The van der Waals surface area contributed by atoms with Crippen LogP contribution in [0.4, 0.5) is 18.9 Å². The first kappa shape index (κ1) is 21.0. The summed E-state index contributed by atoms with van der Waals surface area (Å²) >= 11 is 12.4. The van der Waals surface area contributed by atoms with Crippen LogP contribution in [0.25, 0.3) is 0 Å². The Morgan fingerprint density at radius 3 is 2.46 bits per heavy atom. The fourth-order valence-corrected chi connectivity index (χ4v) is 3.91. The lowest BCUT2D eigenvalue weighted by Crippen LogP contribution is -2.40. The van der Waals surface area contributed by atoms with Crippen molar-refractivity contribution in [2.45, 2.75) is 25.6 Å². The maximum atomic E-state index is 13.1. The molecule has 1 aliphatic rings.